The quantitative estimate of drug-likeness (QED) is 0.566. The molecule has 0 atom stereocenters. The number of hydrogen-bond acceptors (Lipinski definition) is 4. The zero-order valence-corrected chi connectivity index (χ0v) is 6.11. The highest BCUT2D eigenvalue weighted by Gasteiger charge is 1.99. The van der Waals surface area contributed by atoms with Crippen LogP contribution in [-0.2, 0) is 0 Å². The van der Waals surface area contributed by atoms with Crippen molar-refractivity contribution in [3.05, 3.63) is 28.8 Å². The van der Waals surface area contributed by atoms with E-state index in [1.807, 2.05) is 0 Å². The fraction of sp³-hybridized carbons (Fsp3) is 0. The number of aromatic amines is 1. The van der Waals surface area contributed by atoms with Crippen LogP contribution in [0.15, 0.2) is 23.1 Å². The molecule has 0 saturated carbocycles. The van der Waals surface area contributed by atoms with Gasteiger partial charge in [0.05, 0.1) is 5.52 Å². The van der Waals surface area contributed by atoms with Crippen molar-refractivity contribution < 1.29 is 0 Å². The first-order chi connectivity index (χ1) is 5.77. The third-order valence-corrected chi connectivity index (χ3v) is 1.51. The van der Waals surface area contributed by atoms with Gasteiger partial charge >= 0.3 is 5.69 Å². The molecular formula is C7H6N4O. The van der Waals surface area contributed by atoms with Gasteiger partial charge in [-0.25, -0.2) is 4.79 Å². The van der Waals surface area contributed by atoms with Crippen LogP contribution in [0.25, 0.3) is 11.0 Å². The number of pyridine rings is 1. The van der Waals surface area contributed by atoms with E-state index in [0.29, 0.717) is 11.0 Å². The Bertz CT molecular complexity index is 476. The van der Waals surface area contributed by atoms with Gasteiger partial charge in [-0.1, -0.05) is 0 Å². The molecule has 0 bridgehead atoms. The average molecular weight is 162 g/mol. The van der Waals surface area contributed by atoms with E-state index in [0.717, 1.165) is 0 Å². The molecule has 0 fully saturated rings. The second kappa shape index (κ2) is 2.30. The molecule has 0 unspecified atom stereocenters. The molecule has 60 valence electrons. The Morgan fingerprint density at radius 2 is 2.33 bits per heavy atom. The molecule has 5 nitrogen and oxygen atoms in total. The van der Waals surface area contributed by atoms with E-state index in [1.165, 1.54) is 0 Å². The summed E-state index contributed by atoms with van der Waals surface area (Å²) in [5.74, 6) is 0.161. The van der Waals surface area contributed by atoms with E-state index in [9.17, 15) is 4.79 Å². The van der Waals surface area contributed by atoms with Crippen LogP contribution in [0.5, 0.6) is 0 Å². The summed E-state index contributed by atoms with van der Waals surface area (Å²) in [6.45, 7) is 0. The van der Waals surface area contributed by atoms with Crippen LogP contribution in [-0.4, -0.2) is 15.0 Å². The summed E-state index contributed by atoms with van der Waals surface area (Å²) in [6, 6.07) is 3.44. The molecule has 0 amide bonds. The molecule has 2 aromatic heterocycles. The number of nitrogens with two attached hydrogens (primary N) is 1. The molecule has 2 heterocycles. The average Bonchev–Trinajstić information content (AvgIpc) is 2.04. The fourth-order valence-corrected chi connectivity index (χ4v) is 1.02. The summed E-state index contributed by atoms with van der Waals surface area (Å²) in [5.41, 5.74) is 6.14. The summed E-state index contributed by atoms with van der Waals surface area (Å²) in [6.07, 6.45) is 1.60. The lowest BCUT2D eigenvalue weighted by Crippen LogP contribution is -2.12. The summed E-state index contributed by atoms with van der Waals surface area (Å²) in [5, 5.41) is 0. The van der Waals surface area contributed by atoms with Crippen molar-refractivity contribution in [2.75, 3.05) is 5.73 Å². The maximum atomic E-state index is 10.8. The maximum absolute atomic E-state index is 10.8. The number of anilines is 1. The van der Waals surface area contributed by atoms with Crippen molar-refractivity contribution in [1.82, 2.24) is 15.0 Å². The van der Waals surface area contributed by atoms with Crippen LogP contribution in [0.2, 0.25) is 0 Å². The maximum Gasteiger partial charge on any atom is 0.347 e. The van der Waals surface area contributed by atoms with Gasteiger partial charge in [0.15, 0.2) is 5.82 Å². The number of nitrogen functional groups attached to an aromatic ring is 1. The zero-order valence-electron chi connectivity index (χ0n) is 6.11. The van der Waals surface area contributed by atoms with E-state index in [2.05, 4.69) is 15.0 Å². The van der Waals surface area contributed by atoms with Crippen LogP contribution in [0.1, 0.15) is 0 Å². The van der Waals surface area contributed by atoms with Gasteiger partial charge < -0.3 is 10.7 Å². The number of fused-ring (bicyclic) bond motifs is 1. The van der Waals surface area contributed by atoms with Gasteiger partial charge in [0, 0.05) is 6.20 Å². The molecule has 2 rings (SSSR count). The topological polar surface area (TPSA) is 84.7 Å². The second-order valence-corrected chi connectivity index (χ2v) is 2.33. The van der Waals surface area contributed by atoms with Gasteiger partial charge in [-0.3, -0.25) is 4.98 Å². The lowest BCUT2D eigenvalue weighted by atomic mass is 10.3. The summed E-state index contributed by atoms with van der Waals surface area (Å²) >= 11 is 0. The standard InChI is InChI=1S/C7H6N4O/c8-6-5-4(2-1-3-9-5)10-7(12)11-6/h1-3H,(H3,8,10,11,12). The smallest absolute Gasteiger partial charge is 0.347 e. The Kier molecular flexibility index (Phi) is 1.30. The van der Waals surface area contributed by atoms with Crippen LogP contribution < -0.4 is 11.4 Å². The first-order valence-electron chi connectivity index (χ1n) is 3.38. The van der Waals surface area contributed by atoms with E-state index >= 15 is 0 Å². The minimum absolute atomic E-state index is 0.161. The molecule has 3 N–H and O–H groups in total. The molecule has 0 aliphatic carbocycles. The number of hydrogen-bond donors (Lipinski definition) is 2. The van der Waals surface area contributed by atoms with E-state index in [1.54, 1.807) is 18.3 Å². The Balaban J connectivity index is 2.99. The number of aromatic nitrogens is 3. The molecule has 0 aromatic carbocycles. The van der Waals surface area contributed by atoms with Crippen molar-refractivity contribution in [2.24, 2.45) is 0 Å². The molecule has 2 aromatic rings. The van der Waals surface area contributed by atoms with Crippen LogP contribution >= 0.6 is 0 Å². The van der Waals surface area contributed by atoms with Gasteiger partial charge in [0.1, 0.15) is 5.52 Å². The molecule has 0 spiro atoms. The summed E-state index contributed by atoms with van der Waals surface area (Å²) < 4.78 is 0. The van der Waals surface area contributed by atoms with Gasteiger partial charge in [0.2, 0.25) is 0 Å². The van der Waals surface area contributed by atoms with Crippen molar-refractivity contribution in [3.63, 3.8) is 0 Å². The summed E-state index contributed by atoms with van der Waals surface area (Å²) in [4.78, 5) is 20.8. The molecule has 12 heavy (non-hydrogen) atoms. The molecule has 5 heteroatoms. The molecule has 0 radical (unpaired) electrons. The van der Waals surface area contributed by atoms with Crippen molar-refractivity contribution in [1.29, 1.82) is 0 Å². The lowest BCUT2D eigenvalue weighted by molar-refractivity contribution is 1.11. The number of nitrogens with zero attached hydrogens (tertiary/aromatic N) is 2. The van der Waals surface area contributed by atoms with Crippen molar-refractivity contribution >= 4 is 16.9 Å². The van der Waals surface area contributed by atoms with Gasteiger partial charge in [-0.2, -0.15) is 4.98 Å². The minimum atomic E-state index is -0.451. The van der Waals surface area contributed by atoms with E-state index in [4.69, 9.17) is 5.73 Å². The van der Waals surface area contributed by atoms with Crippen molar-refractivity contribution in [2.45, 2.75) is 0 Å². The Hall–Kier alpha value is -1.91. The minimum Gasteiger partial charge on any atom is -0.382 e. The SMILES string of the molecule is Nc1nc(=O)[nH]c2cccnc12. The normalized spacial score (nSPS) is 10.3. The number of H-pyrrole nitrogens is 1. The molecular weight excluding hydrogens is 156 g/mol. The van der Waals surface area contributed by atoms with Gasteiger partial charge in [0.25, 0.3) is 0 Å². The van der Waals surface area contributed by atoms with Gasteiger partial charge in [-0.05, 0) is 12.1 Å². The Morgan fingerprint density at radius 1 is 1.50 bits per heavy atom. The van der Waals surface area contributed by atoms with Crippen LogP contribution in [0, 0.1) is 0 Å². The van der Waals surface area contributed by atoms with E-state index in [-0.39, 0.29) is 5.82 Å². The monoisotopic (exact) mass is 162 g/mol. The fourth-order valence-electron chi connectivity index (χ4n) is 1.02. The zero-order chi connectivity index (χ0) is 8.55. The van der Waals surface area contributed by atoms with E-state index < -0.39 is 5.69 Å². The highest BCUT2D eigenvalue weighted by Crippen LogP contribution is 2.09. The number of nitrogens with one attached hydrogen (secondary N) is 1. The largest absolute Gasteiger partial charge is 0.382 e. The highest BCUT2D eigenvalue weighted by atomic mass is 16.1. The molecule has 0 aliphatic heterocycles. The van der Waals surface area contributed by atoms with Crippen LogP contribution in [0.3, 0.4) is 0 Å². The lowest BCUT2D eigenvalue weighted by Gasteiger charge is -1.96. The first-order valence-corrected chi connectivity index (χ1v) is 3.38. The van der Waals surface area contributed by atoms with Gasteiger partial charge in [-0.15, -0.1) is 0 Å². The van der Waals surface area contributed by atoms with Crippen molar-refractivity contribution in [3.8, 4) is 0 Å². The predicted octanol–water partition coefficient (Wildman–Crippen LogP) is -0.0997. The number of rotatable bonds is 0. The third-order valence-electron chi connectivity index (χ3n) is 1.51. The predicted molar refractivity (Wildman–Crippen MR) is 44.6 cm³/mol. The second-order valence-electron chi connectivity index (χ2n) is 2.33. The third kappa shape index (κ3) is 0.914. The Morgan fingerprint density at radius 3 is 3.17 bits per heavy atom. The van der Waals surface area contributed by atoms with Crippen LogP contribution in [0.4, 0.5) is 5.82 Å². The molecule has 0 saturated heterocycles. The molecule has 0 aliphatic rings. The highest BCUT2D eigenvalue weighted by molar-refractivity contribution is 5.82. The Labute approximate surface area is 67.3 Å². The summed E-state index contributed by atoms with van der Waals surface area (Å²) in [7, 11) is 0. The first kappa shape index (κ1) is 6.78.